The number of aliphatic hydroxyl groups excluding tert-OH is 3. The molecule has 0 bridgehead atoms. The molecule has 0 aromatic heterocycles. The van der Waals surface area contributed by atoms with Crippen LogP contribution in [-0.2, 0) is 33.7 Å². The highest BCUT2D eigenvalue weighted by molar-refractivity contribution is 5.42. The van der Waals surface area contributed by atoms with Gasteiger partial charge in [0.1, 0.15) is 11.9 Å². The van der Waals surface area contributed by atoms with Crippen molar-refractivity contribution in [2.45, 2.75) is 75.2 Å². The molecule has 1 saturated carbocycles. The fourth-order valence-corrected chi connectivity index (χ4v) is 4.93. The number of aryl methyl sites for hydroxylation is 1. The molecule has 2 aromatic carbocycles. The van der Waals surface area contributed by atoms with Crippen LogP contribution in [-0.4, -0.2) is 69.6 Å². The number of hydrogen-bond acceptors (Lipinski definition) is 8. The van der Waals surface area contributed by atoms with Gasteiger partial charge < -0.3 is 39.4 Å². The highest BCUT2D eigenvalue weighted by atomic mass is 16.7. The molecular formula is C26H32O8. The van der Waals surface area contributed by atoms with Gasteiger partial charge in [-0.25, -0.2) is 0 Å². The molecule has 6 atom stereocenters. The molecule has 4 N–H and O–H groups in total. The van der Waals surface area contributed by atoms with Gasteiger partial charge >= 0.3 is 0 Å². The van der Waals surface area contributed by atoms with Gasteiger partial charge in [0.2, 0.25) is 6.29 Å². The lowest BCUT2D eigenvalue weighted by molar-refractivity contribution is -0.170. The molecule has 8 heteroatoms. The van der Waals surface area contributed by atoms with Gasteiger partial charge in [-0.1, -0.05) is 43.3 Å². The Morgan fingerprint density at radius 3 is 2.44 bits per heavy atom. The predicted molar refractivity (Wildman–Crippen MR) is 121 cm³/mol. The Kier molecular flexibility index (Phi) is 6.41. The maximum Gasteiger partial charge on any atom is 0.230 e. The Bertz CT molecular complexity index is 1000. The van der Waals surface area contributed by atoms with Gasteiger partial charge in [0, 0.05) is 19.4 Å². The third-order valence-corrected chi connectivity index (χ3v) is 7.25. The van der Waals surface area contributed by atoms with E-state index >= 15 is 0 Å². The first-order valence-corrected chi connectivity index (χ1v) is 11.9. The van der Waals surface area contributed by atoms with Crippen molar-refractivity contribution in [1.29, 1.82) is 0 Å². The summed E-state index contributed by atoms with van der Waals surface area (Å²) in [4.78, 5) is 0. The lowest BCUT2D eigenvalue weighted by Crippen LogP contribution is -2.41. The fourth-order valence-electron chi connectivity index (χ4n) is 4.93. The van der Waals surface area contributed by atoms with Gasteiger partial charge in [-0.15, -0.1) is 0 Å². The minimum atomic E-state index is -1.96. The summed E-state index contributed by atoms with van der Waals surface area (Å²) in [6, 6.07) is 14.1. The zero-order valence-electron chi connectivity index (χ0n) is 19.2. The molecule has 34 heavy (non-hydrogen) atoms. The van der Waals surface area contributed by atoms with E-state index in [2.05, 4.69) is 31.2 Å². The van der Waals surface area contributed by atoms with Crippen molar-refractivity contribution < 1.29 is 39.4 Å². The van der Waals surface area contributed by atoms with Crippen LogP contribution in [0, 0.1) is 0 Å². The number of rotatable bonds is 9. The average molecular weight is 473 g/mol. The van der Waals surface area contributed by atoms with Crippen LogP contribution in [0.1, 0.15) is 42.0 Å². The number of hydrogen-bond donors (Lipinski definition) is 4. The Morgan fingerprint density at radius 2 is 1.79 bits per heavy atom. The van der Waals surface area contributed by atoms with Crippen molar-refractivity contribution >= 4 is 0 Å². The predicted octanol–water partition coefficient (Wildman–Crippen LogP) is 1.43. The van der Waals surface area contributed by atoms with E-state index in [9.17, 15) is 20.4 Å². The number of aliphatic hydroxyl groups is 4. The Labute approximate surface area is 198 Å². The summed E-state index contributed by atoms with van der Waals surface area (Å²) >= 11 is 0. The molecule has 184 valence electrons. The van der Waals surface area contributed by atoms with Crippen LogP contribution < -0.4 is 4.74 Å². The molecule has 2 saturated heterocycles. The van der Waals surface area contributed by atoms with E-state index in [1.54, 1.807) is 0 Å². The van der Waals surface area contributed by atoms with Crippen molar-refractivity contribution in [3.63, 3.8) is 0 Å². The Hall–Kier alpha value is -2.04. The van der Waals surface area contributed by atoms with Crippen LogP contribution in [0.5, 0.6) is 5.75 Å². The van der Waals surface area contributed by atoms with Crippen LogP contribution in [0.25, 0.3) is 0 Å². The number of benzene rings is 2. The second-order valence-corrected chi connectivity index (χ2v) is 9.37. The minimum absolute atomic E-state index is 0.214. The second-order valence-electron chi connectivity index (χ2n) is 9.37. The molecule has 2 heterocycles. The first-order chi connectivity index (χ1) is 16.4. The van der Waals surface area contributed by atoms with Crippen molar-refractivity contribution in [1.82, 2.24) is 0 Å². The molecule has 8 nitrogen and oxygen atoms in total. The molecule has 3 fully saturated rings. The number of ether oxygens (including phenoxy) is 4. The molecular weight excluding hydrogens is 440 g/mol. The first-order valence-electron chi connectivity index (χ1n) is 11.9. The largest absolute Gasteiger partial charge is 0.462 e. The summed E-state index contributed by atoms with van der Waals surface area (Å²) in [6.45, 7) is 2.52. The van der Waals surface area contributed by atoms with Crippen molar-refractivity contribution in [3.05, 3.63) is 64.7 Å². The van der Waals surface area contributed by atoms with Gasteiger partial charge in [-0.2, -0.15) is 0 Å². The number of fused-ring (bicyclic) bond motifs is 1. The van der Waals surface area contributed by atoms with Crippen molar-refractivity contribution in [2.24, 2.45) is 0 Å². The average Bonchev–Trinajstić information content (AvgIpc) is 3.21. The summed E-state index contributed by atoms with van der Waals surface area (Å²) < 4.78 is 23.1. The normalized spacial score (nSPS) is 34.3. The third kappa shape index (κ3) is 3.93. The lowest BCUT2D eigenvalue weighted by atomic mass is 10.0. The van der Waals surface area contributed by atoms with Crippen molar-refractivity contribution in [3.8, 4) is 5.75 Å². The van der Waals surface area contributed by atoms with E-state index < -0.39 is 36.3 Å². The molecule has 5 rings (SSSR count). The van der Waals surface area contributed by atoms with Gasteiger partial charge in [0.15, 0.2) is 23.6 Å². The first kappa shape index (κ1) is 23.7. The van der Waals surface area contributed by atoms with E-state index in [4.69, 9.17) is 18.9 Å². The highest BCUT2D eigenvalue weighted by Gasteiger charge is 2.87. The summed E-state index contributed by atoms with van der Waals surface area (Å²) in [5.41, 5.74) is 0.499. The van der Waals surface area contributed by atoms with Crippen LogP contribution in [0.2, 0.25) is 0 Å². The quantitative estimate of drug-likeness (QED) is 0.433. The molecule has 1 unspecified atom stereocenters. The minimum Gasteiger partial charge on any atom is -0.462 e. The van der Waals surface area contributed by atoms with E-state index in [0.29, 0.717) is 25.4 Å². The van der Waals surface area contributed by atoms with Gasteiger partial charge in [0.25, 0.3) is 0 Å². The topological polar surface area (TPSA) is 118 Å². The zero-order valence-corrected chi connectivity index (χ0v) is 19.2. The summed E-state index contributed by atoms with van der Waals surface area (Å²) in [5, 5.41) is 41.0. The summed E-state index contributed by atoms with van der Waals surface area (Å²) in [5.74, 6) is 0.476. The van der Waals surface area contributed by atoms with E-state index in [-0.39, 0.29) is 6.29 Å². The summed E-state index contributed by atoms with van der Waals surface area (Å²) in [6.07, 6.45) is -0.946. The van der Waals surface area contributed by atoms with E-state index in [1.807, 2.05) is 18.2 Å². The fraction of sp³-hybridized carbons (Fsp3) is 0.538. The lowest BCUT2D eigenvalue weighted by Gasteiger charge is -2.24. The zero-order chi connectivity index (χ0) is 23.9. The Balaban J connectivity index is 1.37. The molecule has 0 radical (unpaired) electrons. The van der Waals surface area contributed by atoms with E-state index in [0.717, 1.165) is 36.0 Å². The molecule has 0 amide bonds. The second kappa shape index (κ2) is 9.20. The smallest absolute Gasteiger partial charge is 0.230 e. The van der Waals surface area contributed by atoms with Crippen LogP contribution in [0.15, 0.2) is 42.5 Å². The standard InChI is InChI=1S/C26H32O8/c1-2-16-5-7-17(8-6-16)12-19-10-9-18(14-32-21-4-3-11-31-21)13-20(19)33-23-22(28)26(30)24(29)25(26,15-27)34-23/h5-10,13,21-24,27-30H,2-4,11-12,14-15H2,1H3/t21?,22-,23-,24+,25-,26-/m0/s1. The monoisotopic (exact) mass is 472 g/mol. The van der Waals surface area contributed by atoms with Gasteiger partial charge in [-0.05, 0) is 41.2 Å². The van der Waals surface area contributed by atoms with E-state index in [1.165, 1.54) is 5.56 Å². The maximum atomic E-state index is 10.6. The molecule has 3 aliphatic rings. The van der Waals surface area contributed by atoms with Crippen LogP contribution >= 0.6 is 0 Å². The van der Waals surface area contributed by atoms with Gasteiger partial charge in [-0.3, -0.25) is 0 Å². The van der Waals surface area contributed by atoms with Gasteiger partial charge in [0.05, 0.1) is 13.2 Å². The maximum absolute atomic E-state index is 10.6. The van der Waals surface area contributed by atoms with Crippen LogP contribution in [0.4, 0.5) is 0 Å². The van der Waals surface area contributed by atoms with Crippen molar-refractivity contribution in [2.75, 3.05) is 13.2 Å². The molecule has 2 aromatic rings. The Morgan fingerprint density at radius 1 is 1.06 bits per heavy atom. The molecule has 1 aliphatic carbocycles. The summed E-state index contributed by atoms with van der Waals surface area (Å²) in [7, 11) is 0. The molecule has 2 aliphatic heterocycles. The molecule has 0 spiro atoms. The highest BCUT2D eigenvalue weighted by Crippen LogP contribution is 2.59. The third-order valence-electron chi connectivity index (χ3n) is 7.25. The SMILES string of the molecule is CCc1ccc(Cc2ccc(COC3CCCO3)cc2O[C@H]2O[C@@]3(CO)[C@@H](O)[C@@]3(O)[C@H]2O)cc1. The van der Waals surface area contributed by atoms with Crippen LogP contribution in [0.3, 0.4) is 0 Å².